The molecule has 0 radical (unpaired) electrons. The monoisotopic (exact) mass is 288 g/mol. The maximum Gasteiger partial charge on any atom is 0.257 e. The van der Waals surface area contributed by atoms with Crippen LogP contribution in [0.1, 0.15) is 0 Å². The van der Waals surface area contributed by atoms with Gasteiger partial charge in [0.2, 0.25) is 0 Å². The van der Waals surface area contributed by atoms with Gasteiger partial charge in [0.1, 0.15) is 5.65 Å². The number of nitrogens with one attached hydrogen (secondary N) is 2. The Hall–Kier alpha value is -3.21. The van der Waals surface area contributed by atoms with Crippen molar-refractivity contribution in [3.63, 3.8) is 0 Å². The van der Waals surface area contributed by atoms with E-state index in [1.54, 1.807) is 18.6 Å². The van der Waals surface area contributed by atoms with Crippen LogP contribution in [-0.2, 0) is 0 Å². The Morgan fingerprint density at radius 3 is 2.64 bits per heavy atom. The molecule has 0 unspecified atom stereocenters. The molecule has 0 atom stereocenters. The molecule has 106 valence electrons. The summed E-state index contributed by atoms with van der Waals surface area (Å²) in [5, 5.41) is 5.75. The van der Waals surface area contributed by atoms with Gasteiger partial charge in [-0.2, -0.15) is 0 Å². The number of hydrogen-bond acceptors (Lipinski definition) is 4. The largest absolute Gasteiger partial charge is 0.354 e. The van der Waals surface area contributed by atoms with E-state index in [4.69, 9.17) is 0 Å². The van der Waals surface area contributed by atoms with E-state index >= 15 is 0 Å². The molecule has 1 aromatic carbocycles. The minimum atomic E-state index is -0.130. The number of hydrogen-bond donors (Lipinski definition) is 2. The summed E-state index contributed by atoms with van der Waals surface area (Å²) in [4.78, 5) is 23.4. The number of aromatic amines is 1. The van der Waals surface area contributed by atoms with Crippen LogP contribution in [0.25, 0.3) is 21.8 Å². The van der Waals surface area contributed by atoms with Gasteiger partial charge in [-0.15, -0.1) is 0 Å². The van der Waals surface area contributed by atoms with Crippen LogP contribution in [0, 0.1) is 0 Å². The van der Waals surface area contributed by atoms with E-state index in [2.05, 4.69) is 20.3 Å². The van der Waals surface area contributed by atoms with Crippen molar-refractivity contribution >= 4 is 33.2 Å². The van der Waals surface area contributed by atoms with Crippen LogP contribution in [0.4, 0.5) is 11.4 Å². The smallest absolute Gasteiger partial charge is 0.257 e. The molecule has 0 amide bonds. The lowest BCUT2D eigenvalue weighted by molar-refractivity contribution is 1.25. The number of anilines is 2. The highest BCUT2D eigenvalue weighted by molar-refractivity contribution is 6.10. The summed E-state index contributed by atoms with van der Waals surface area (Å²) in [5.74, 6) is 0. The van der Waals surface area contributed by atoms with Gasteiger partial charge in [-0.1, -0.05) is 18.2 Å². The van der Waals surface area contributed by atoms with Crippen molar-refractivity contribution in [2.24, 2.45) is 0 Å². The van der Waals surface area contributed by atoms with Crippen molar-refractivity contribution < 1.29 is 0 Å². The van der Waals surface area contributed by atoms with E-state index in [1.165, 1.54) is 0 Å². The molecule has 5 heteroatoms. The van der Waals surface area contributed by atoms with E-state index in [9.17, 15) is 4.79 Å². The molecule has 4 rings (SSSR count). The predicted molar refractivity (Wildman–Crippen MR) is 87.4 cm³/mol. The molecular weight excluding hydrogens is 276 g/mol. The first-order valence-electron chi connectivity index (χ1n) is 6.90. The normalized spacial score (nSPS) is 10.9. The fourth-order valence-corrected chi connectivity index (χ4v) is 2.60. The minimum absolute atomic E-state index is 0.130. The summed E-state index contributed by atoms with van der Waals surface area (Å²) in [7, 11) is 0. The summed E-state index contributed by atoms with van der Waals surface area (Å²) in [6.45, 7) is 0. The molecule has 0 aliphatic rings. The van der Waals surface area contributed by atoms with Crippen LogP contribution in [0.3, 0.4) is 0 Å². The van der Waals surface area contributed by atoms with Crippen LogP contribution < -0.4 is 10.9 Å². The van der Waals surface area contributed by atoms with E-state index in [-0.39, 0.29) is 5.56 Å². The average molecular weight is 288 g/mol. The topological polar surface area (TPSA) is 70.7 Å². The zero-order valence-electron chi connectivity index (χ0n) is 11.6. The Bertz CT molecular complexity index is 1020. The highest BCUT2D eigenvalue weighted by Crippen LogP contribution is 2.28. The van der Waals surface area contributed by atoms with E-state index in [0.717, 1.165) is 22.1 Å². The van der Waals surface area contributed by atoms with Crippen molar-refractivity contribution in [3.8, 4) is 0 Å². The molecule has 4 aromatic rings. The zero-order chi connectivity index (χ0) is 14.9. The molecule has 3 heterocycles. The first-order chi connectivity index (χ1) is 10.8. The van der Waals surface area contributed by atoms with Crippen molar-refractivity contribution in [1.29, 1.82) is 0 Å². The average Bonchev–Trinajstić information content (AvgIpc) is 2.56. The molecule has 0 saturated carbocycles. The van der Waals surface area contributed by atoms with Gasteiger partial charge in [0.05, 0.1) is 17.6 Å². The van der Waals surface area contributed by atoms with Crippen LogP contribution in [-0.4, -0.2) is 15.0 Å². The third kappa shape index (κ3) is 2.00. The molecule has 0 spiro atoms. The van der Waals surface area contributed by atoms with E-state index in [1.807, 2.05) is 42.5 Å². The van der Waals surface area contributed by atoms with Crippen molar-refractivity contribution in [3.05, 3.63) is 71.4 Å². The van der Waals surface area contributed by atoms with Gasteiger partial charge in [0, 0.05) is 28.6 Å². The lowest BCUT2D eigenvalue weighted by Crippen LogP contribution is -2.08. The van der Waals surface area contributed by atoms with E-state index < -0.39 is 0 Å². The molecule has 0 saturated heterocycles. The molecule has 0 aliphatic heterocycles. The second-order valence-electron chi connectivity index (χ2n) is 4.95. The number of H-pyrrole nitrogens is 1. The number of rotatable bonds is 2. The number of fused-ring (bicyclic) bond motifs is 3. The maximum absolute atomic E-state index is 12.1. The van der Waals surface area contributed by atoms with Gasteiger partial charge in [-0.25, -0.2) is 4.98 Å². The van der Waals surface area contributed by atoms with Crippen LogP contribution in [0.15, 0.2) is 65.8 Å². The molecule has 0 aliphatic carbocycles. The summed E-state index contributed by atoms with van der Waals surface area (Å²) in [6.07, 6.45) is 5.15. The van der Waals surface area contributed by atoms with E-state index in [0.29, 0.717) is 11.0 Å². The molecular formula is C17H12N4O. The summed E-state index contributed by atoms with van der Waals surface area (Å²) < 4.78 is 0. The second-order valence-corrected chi connectivity index (χ2v) is 4.95. The molecule has 0 fully saturated rings. The lowest BCUT2D eigenvalue weighted by Gasteiger charge is -2.11. The third-order valence-corrected chi connectivity index (χ3v) is 3.56. The fourth-order valence-electron chi connectivity index (χ4n) is 2.60. The van der Waals surface area contributed by atoms with Crippen molar-refractivity contribution in [1.82, 2.24) is 15.0 Å². The van der Waals surface area contributed by atoms with Gasteiger partial charge in [0.15, 0.2) is 0 Å². The minimum Gasteiger partial charge on any atom is -0.354 e. The Morgan fingerprint density at radius 1 is 0.955 bits per heavy atom. The standard InChI is InChI=1S/C17H12N4O/c22-17-13-6-2-1-5-12(13)15-14(7-9-19-16(15)21-17)20-11-4-3-8-18-10-11/h1-10H,(H2,19,20,21,22). The molecule has 0 bridgehead atoms. The first-order valence-corrected chi connectivity index (χ1v) is 6.90. The predicted octanol–water partition coefficient (Wildman–Crippen LogP) is 3.21. The van der Waals surface area contributed by atoms with Gasteiger partial charge in [-0.3, -0.25) is 9.78 Å². The molecule has 22 heavy (non-hydrogen) atoms. The number of pyridine rings is 3. The van der Waals surface area contributed by atoms with Crippen LogP contribution in [0.5, 0.6) is 0 Å². The summed E-state index contributed by atoms with van der Waals surface area (Å²) >= 11 is 0. The SMILES string of the molecule is O=c1[nH]c2nccc(Nc3cccnc3)c2c2ccccc12. The van der Waals surface area contributed by atoms with Crippen molar-refractivity contribution in [2.75, 3.05) is 5.32 Å². The van der Waals surface area contributed by atoms with Crippen LogP contribution >= 0.6 is 0 Å². The highest BCUT2D eigenvalue weighted by Gasteiger charge is 2.09. The Kier molecular flexibility index (Phi) is 2.83. The second kappa shape index (κ2) is 4.96. The summed E-state index contributed by atoms with van der Waals surface area (Å²) in [5.41, 5.74) is 2.20. The Morgan fingerprint density at radius 2 is 1.82 bits per heavy atom. The van der Waals surface area contributed by atoms with Gasteiger partial charge >= 0.3 is 0 Å². The quantitative estimate of drug-likeness (QED) is 0.556. The molecule has 2 N–H and O–H groups in total. The van der Waals surface area contributed by atoms with Crippen molar-refractivity contribution in [2.45, 2.75) is 0 Å². The third-order valence-electron chi connectivity index (χ3n) is 3.56. The first kappa shape index (κ1) is 12.5. The maximum atomic E-state index is 12.1. The Labute approximate surface area is 125 Å². The fraction of sp³-hybridized carbons (Fsp3) is 0. The van der Waals surface area contributed by atoms with Crippen LogP contribution in [0.2, 0.25) is 0 Å². The van der Waals surface area contributed by atoms with Gasteiger partial charge < -0.3 is 10.3 Å². The highest BCUT2D eigenvalue weighted by atomic mass is 16.1. The molecule has 3 aromatic heterocycles. The number of aromatic nitrogens is 3. The molecule has 5 nitrogen and oxygen atoms in total. The lowest BCUT2D eigenvalue weighted by atomic mass is 10.1. The van der Waals surface area contributed by atoms with Gasteiger partial charge in [0.25, 0.3) is 5.56 Å². The number of nitrogens with zero attached hydrogens (tertiary/aromatic N) is 2. The zero-order valence-corrected chi connectivity index (χ0v) is 11.6. The number of benzene rings is 1. The Balaban J connectivity index is 2.03. The van der Waals surface area contributed by atoms with Gasteiger partial charge in [-0.05, 0) is 24.3 Å². The summed E-state index contributed by atoms with van der Waals surface area (Å²) in [6, 6.07) is 13.2.